The smallest absolute Gasteiger partial charge is 0.227 e. The summed E-state index contributed by atoms with van der Waals surface area (Å²) in [5, 5.41) is 6.88. The molecule has 0 atom stereocenters. The Morgan fingerprint density at radius 1 is 1.13 bits per heavy atom. The van der Waals surface area contributed by atoms with E-state index in [2.05, 4.69) is 42.3 Å². The number of pyridine rings is 2. The monoisotopic (exact) mass is 421 g/mol. The summed E-state index contributed by atoms with van der Waals surface area (Å²) >= 11 is 0. The molecule has 1 fully saturated rings. The SMILES string of the molecule is CN1CCCN(c2ccc(CNC(=O)CCc3nc(-c4ccncc4)no3)cn2)CC1. The Morgan fingerprint density at radius 3 is 2.81 bits per heavy atom. The van der Waals surface area contributed by atoms with Gasteiger partial charge in [-0.25, -0.2) is 4.98 Å². The Labute approximate surface area is 181 Å². The third-order valence-corrected chi connectivity index (χ3v) is 5.31. The Kier molecular flexibility index (Phi) is 6.83. The van der Waals surface area contributed by atoms with E-state index in [1.165, 1.54) is 0 Å². The van der Waals surface area contributed by atoms with Gasteiger partial charge < -0.3 is 19.6 Å². The second-order valence-corrected chi connectivity index (χ2v) is 7.69. The highest BCUT2D eigenvalue weighted by molar-refractivity contribution is 5.76. The van der Waals surface area contributed by atoms with Crippen LogP contribution in [-0.2, 0) is 17.8 Å². The van der Waals surface area contributed by atoms with Crippen LogP contribution in [0.15, 0.2) is 47.4 Å². The number of nitrogens with one attached hydrogen (secondary N) is 1. The molecule has 9 nitrogen and oxygen atoms in total. The molecular weight excluding hydrogens is 394 g/mol. The van der Waals surface area contributed by atoms with E-state index in [-0.39, 0.29) is 12.3 Å². The number of amides is 1. The average molecular weight is 422 g/mol. The van der Waals surface area contributed by atoms with Crippen molar-refractivity contribution in [2.75, 3.05) is 38.1 Å². The molecule has 0 aliphatic carbocycles. The van der Waals surface area contributed by atoms with Gasteiger partial charge in [0.25, 0.3) is 0 Å². The Hall–Kier alpha value is -3.33. The van der Waals surface area contributed by atoms with Crippen LogP contribution in [0.4, 0.5) is 5.82 Å². The third kappa shape index (κ3) is 5.85. The fourth-order valence-electron chi connectivity index (χ4n) is 3.47. The Morgan fingerprint density at radius 2 is 2.00 bits per heavy atom. The van der Waals surface area contributed by atoms with Gasteiger partial charge in [0, 0.05) is 63.2 Å². The molecule has 3 aromatic rings. The lowest BCUT2D eigenvalue weighted by Gasteiger charge is -2.21. The van der Waals surface area contributed by atoms with Gasteiger partial charge in [0.05, 0.1) is 0 Å². The number of anilines is 1. The van der Waals surface area contributed by atoms with E-state index in [0.717, 1.165) is 49.5 Å². The van der Waals surface area contributed by atoms with Gasteiger partial charge >= 0.3 is 0 Å². The lowest BCUT2D eigenvalue weighted by atomic mass is 10.2. The van der Waals surface area contributed by atoms with Crippen LogP contribution in [0.1, 0.15) is 24.3 Å². The van der Waals surface area contributed by atoms with Crippen LogP contribution in [0, 0.1) is 0 Å². The number of carbonyl (C=O) groups excluding carboxylic acids is 1. The molecule has 1 aliphatic rings. The van der Waals surface area contributed by atoms with Gasteiger partial charge in [0.1, 0.15) is 5.82 Å². The first-order chi connectivity index (χ1) is 15.2. The minimum absolute atomic E-state index is 0.0664. The number of carbonyl (C=O) groups is 1. The molecule has 0 unspecified atom stereocenters. The molecule has 0 saturated carbocycles. The molecule has 1 saturated heterocycles. The van der Waals surface area contributed by atoms with E-state index in [4.69, 9.17) is 4.52 Å². The number of hydrogen-bond donors (Lipinski definition) is 1. The van der Waals surface area contributed by atoms with Crippen LogP contribution >= 0.6 is 0 Å². The summed E-state index contributed by atoms with van der Waals surface area (Å²) in [4.78, 5) is 29.8. The number of aromatic nitrogens is 4. The summed E-state index contributed by atoms with van der Waals surface area (Å²) in [7, 11) is 2.15. The molecule has 1 amide bonds. The predicted octanol–water partition coefficient (Wildman–Crippen LogP) is 1.92. The second-order valence-electron chi connectivity index (χ2n) is 7.69. The largest absolute Gasteiger partial charge is 0.355 e. The first kappa shape index (κ1) is 20.9. The van der Waals surface area contributed by atoms with Gasteiger partial charge in [-0.2, -0.15) is 4.98 Å². The zero-order chi connectivity index (χ0) is 21.5. The maximum Gasteiger partial charge on any atom is 0.227 e. The van der Waals surface area contributed by atoms with E-state index in [1.54, 1.807) is 12.4 Å². The van der Waals surface area contributed by atoms with Crippen LogP contribution in [0.3, 0.4) is 0 Å². The fourth-order valence-corrected chi connectivity index (χ4v) is 3.47. The van der Waals surface area contributed by atoms with Gasteiger partial charge in [0.2, 0.25) is 17.6 Å². The van der Waals surface area contributed by atoms with E-state index in [0.29, 0.717) is 24.7 Å². The van der Waals surface area contributed by atoms with E-state index >= 15 is 0 Å². The molecule has 31 heavy (non-hydrogen) atoms. The molecule has 0 spiro atoms. The molecule has 3 aromatic heterocycles. The van der Waals surface area contributed by atoms with Crippen LogP contribution in [0.25, 0.3) is 11.4 Å². The van der Waals surface area contributed by atoms with Crippen molar-refractivity contribution in [2.24, 2.45) is 0 Å². The van der Waals surface area contributed by atoms with E-state index in [1.807, 2.05) is 30.5 Å². The van der Waals surface area contributed by atoms with Crippen molar-refractivity contribution in [3.05, 3.63) is 54.3 Å². The van der Waals surface area contributed by atoms with Crippen LogP contribution in [0.2, 0.25) is 0 Å². The number of aryl methyl sites for hydroxylation is 1. The maximum absolute atomic E-state index is 12.2. The first-order valence-electron chi connectivity index (χ1n) is 10.6. The fraction of sp³-hybridized carbons (Fsp3) is 0.409. The number of rotatable bonds is 7. The maximum atomic E-state index is 12.2. The summed E-state index contributed by atoms with van der Waals surface area (Å²) in [5.74, 6) is 1.87. The molecular formula is C22H27N7O2. The van der Waals surface area contributed by atoms with Crippen molar-refractivity contribution in [2.45, 2.75) is 25.8 Å². The third-order valence-electron chi connectivity index (χ3n) is 5.31. The van der Waals surface area contributed by atoms with Crippen LogP contribution in [0.5, 0.6) is 0 Å². The molecule has 1 aliphatic heterocycles. The predicted molar refractivity (Wildman–Crippen MR) is 116 cm³/mol. The van der Waals surface area contributed by atoms with E-state index < -0.39 is 0 Å². The normalized spacial score (nSPS) is 14.9. The zero-order valence-corrected chi connectivity index (χ0v) is 17.7. The molecule has 0 aromatic carbocycles. The highest BCUT2D eigenvalue weighted by Crippen LogP contribution is 2.15. The van der Waals surface area contributed by atoms with E-state index in [9.17, 15) is 4.79 Å². The minimum atomic E-state index is -0.0664. The zero-order valence-electron chi connectivity index (χ0n) is 17.7. The molecule has 9 heteroatoms. The van der Waals surface area contributed by atoms with Gasteiger partial charge in [0.15, 0.2) is 0 Å². The highest BCUT2D eigenvalue weighted by Gasteiger charge is 2.14. The molecule has 4 heterocycles. The van der Waals surface area contributed by atoms with Crippen molar-refractivity contribution >= 4 is 11.7 Å². The Bertz CT molecular complexity index is 975. The summed E-state index contributed by atoms with van der Waals surface area (Å²) in [5.41, 5.74) is 1.80. The molecule has 1 N–H and O–H groups in total. The van der Waals surface area contributed by atoms with Crippen molar-refractivity contribution in [3.8, 4) is 11.4 Å². The number of likely N-dealkylation sites (N-methyl/N-ethyl adjacent to an activating group) is 1. The second kappa shape index (κ2) is 10.1. The molecule has 4 rings (SSSR count). The van der Waals surface area contributed by atoms with Crippen LogP contribution < -0.4 is 10.2 Å². The standard InChI is InChI=1S/C22H27N7O2/c1-28-11-2-12-29(14-13-28)19-4-3-17(15-24-19)16-25-20(30)5-6-21-26-22(27-31-21)18-7-9-23-10-8-18/h3-4,7-10,15H,2,5-6,11-14,16H2,1H3,(H,25,30). The summed E-state index contributed by atoms with van der Waals surface area (Å²) < 4.78 is 5.24. The summed E-state index contributed by atoms with van der Waals surface area (Å²) in [6, 6.07) is 7.68. The first-order valence-corrected chi connectivity index (χ1v) is 10.6. The van der Waals surface area contributed by atoms with Crippen molar-refractivity contribution < 1.29 is 9.32 Å². The molecule has 162 valence electrons. The highest BCUT2D eigenvalue weighted by atomic mass is 16.5. The summed E-state index contributed by atoms with van der Waals surface area (Å²) in [6.07, 6.45) is 7.00. The van der Waals surface area contributed by atoms with Gasteiger partial charge in [-0.3, -0.25) is 9.78 Å². The van der Waals surface area contributed by atoms with Gasteiger partial charge in [-0.05, 0) is 43.8 Å². The van der Waals surface area contributed by atoms with Crippen molar-refractivity contribution in [1.29, 1.82) is 0 Å². The molecule has 0 radical (unpaired) electrons. The molecule has 0 bridgehead atoms. The van der Waals surface area contributed by atoms with Crippen LogP contribution in [-0.4, -0.2) is 64.1 Å². The summed E-state index contributed by atoms with van der Waals surface area (Å²) in [6.45, 7) is 4.61. The Balaban J connectivity index is 1.22. The van der Waals surface area contributed by atoms with Crippen molar-refractivity contribution in [1.82, 2.24) is 30.3 Å². The quantitative estimate of drug-likeness (QED) is 0.618. The lowest BCUT2D eigenvalue weighted by molar-refractivity contribution is -0.121. The number of nitrogens with zero attached hydrogens (tertiary/aromatic N) is 6. The average Bonchev–Trinajstić information content (AvgIpc) is 3.18. The van der Waals surface area contributed by atoms with Crippen molar-refractivity contribution in [3.63, 3.8) is 0 Å². The van der Waals surface area contributed by atoms with Gasteiger partial charge in [-0.1, -0.05) is 11.2 Å². The number of hydrogen-bond acceptors (Lipinski definition) is 8. The topological polar surface area (TPSA) is 100 Å². The lowest BCUT2D eigenvalue weighted by Crippen LogP contribution is -2.29. The van der Waals surface area contributed by atoms with Gasteiger partial charge in [-0.15, -0.1) is 0 Å². The minimum Gasteiger partial charge on any atom is -0.355 e.